The van der Waals surface area contributed by atoms with E-state index in [1.165, 1.54) is 7.11 Å². The van der Waals surface area contributed by atoms with Gasteiger partial charge in [-0.2, -0.15) is 0 Å². The standard InChI is InChI=1S/C27H38N4O6.C6H4Cl2.2C2H6/c1-26(2,3)37-25(35)31-13-5-6-18-7-8-20(29-23(18)31)9-10-21(32)30-16-27(17-30)14-19(15-27)24(34)28-12-11-22(33)36-4;7-5-2-1-3-6(8)4-5;2*1-2/h7-8,19H,5-6,9-17H2,1-4H3,(H,28,34);1-4H;2*1-2H3. The monoisotopic (exact) mass is 720 g/mol. The second-order valence-electron chi connectivity index (χ2n) is 12.9. The number of methoxy groups -OCH3 is 1. The number of halogens is 2. The summed E-state index contributed by atoms with van der Waals surface area (Å²) in [6.07, 6.45) is 3.90. The fourth-order valence-electron chi connectivity index (χ4n) is 5.87. The van der Waals surface area contributed by atoms with E-state index in [4.69, 9.17) is 32.9 Å². The van der Waals surface area contributed by atoms with E-state index in [1.54, 1.807) is 23.1 Å². The van der Waals surface area contributed by atoms with Crippen molar-refractivity contribution in [2.24, 2.45) is 11.3 Å². The number of nitrogens with one attached hydrogen (secondary N) is 1. The van der Waals surface area contributed by atoms with Crippen LogP contribution in [-0.4, -0.2) is 72.7 Å². The zero-order chi connectivity index (χ0) is 36.8. The van der Waals surface area contributed by atoms with Gasteiger partial charge in [0, 0.05) is 59.7 Å². The van der Waals surface area contributed by atoms with Crippen LogP contribution in [0.1, 0.15) is 91.8 Å². The van der Waals surface area contributed by atoms with Crippen LogP contribution in [0, 0.1) is 11.3 Å². The molecule has 1 aliphatic carbocycles. The van der Waals surface area contributed by atoms with Crippen molar-refractivity contribution in [3.05, 3.63) is 57.7 Å². The van der Waals surface area contributed by atoms with Gasteiger partial charge in [0.1, 0.15) is 11.4 Å². The maximum absolute atomic E-state index is 12.8. The number of hydrogen-bond acceptors (Lipinski definition) is 7. The molecule has 0 radical (unpaired) electrons. The van der Waals surface area contributed by atoms with Crippen molar-refractivity contribution in [3.8, 4) is 0 Å². The van der Waals surface area contributed by atoms with E-state index < -0.39 is 11.7 Å². The summed E-state index contributed by atoms with van der Waals surface area (Å²) in [5.41, 5.74) is 1.27. The van der Waals surface area contributed by atoms with Crippen molar-refractivity contribution in [1.82, 2.24) is 15.2 Å². The number of amides is 3. The van der Waals surface area contributed by atoms with E-state index in [0.29, 0.717) is 48.3 Å². The predicted molar refractivity (Wildman–Crippen MR) is 195 cm³/mol. The molecular weight excluding hydrogens is 667 g/mol. The van der Waals surface area contributed by atoms with Gasteiger partial charge in [-0.15, -0.1) is 0 Å². The van der Waals surface area contributed by atoms with E-state index in [2.05, 4.69) is 10.1 Å². The van der Waals surface area contributed by atoms with E-state index >= 15 is 0 Å². The van der Waals surface area contributed by atoms with E-state index in [0.717, 1.165) is 36.9 Å². The zero-order valence-electron chi connectivity index (χ0n) is 30.4. The van der Waals surface area contributed by atoms with Gasteiger partial charge in [-0.1, -0.05) is 63.0 Å². The van der Waals surface area contributed by atoms with Crippen LogP contribution in [0.15, 0.2) is 36.4 Å². The Hall–Kier alpha value is -3.37. The summed E-state index contributed by atoms with van der Waals surface area (Å²) in [5.74, 6) is 0.295. The molecule has 12 heteroatoms. The normalized spacial score (nSPS) is 15.6. The van der Waals surface area contributed by atoms with Gasteiger partial charge in [0.05, 0.1) is 13.5 Å². The van der Waals surface area contributed by atoms with Crippen LogP contribution in [0.4, 0.5) is 10.6 Å². The summed E-state index contributed by atoms with van der Waals surface area (Å²) in [7, 11) is 1.33. The van der Waals surface area contributed by atoms with Crippen LogP contribution in [0.25, 0.3) is 0 Å². The fourth-order valence-corrected chi connectivity index (χ4v) is 6.31. The highest BCUT2D eigenvalue weighted by Gasteiger charge is 2.55. The lowest BCUT2D eigenvalue weighted by Crippen LogP contribution is -2.65. The van der Waals surface area contributed by atoms with E-state index in [1.807, 2.05) is 71.6 Å². The van der Waals surface area contributed by atoms with E-state index in [-0.39, 0.29) is 42.1 Å². The highest BCUT2D eigenvalue weighted by Crippen LogP contribution is 2.52. The molecule has 1 spiro atoms. The Morgan fingerprint density at radius 3 is 2.16 bits per heavy atom. The number of aryl methyl sites for hydroxylation is 2. The summed E-state index contributed by atoms with van der Waals surface area (Å²) in [5, 5.41) is 4.15. The lowest BCUT2D eigenvalue weighted by molar-refractivity contribution is -0.159. The summed E-state index contributed by atoms with van der Waals surface area (Å²) < 4.78 is 10.1. The Balaban J connectivity index is 0.000000595. The number of carbonyl (C=O) groups excluding carboxylic acids is 4. The highest BCUT2D eigenvalue weighted by molar-refractivity contribution is 6.34. The number of benzene rings is 1. The topological polar surface area (TPSA) is 118 Å². The Kier molecular flexibility index (Phi) is 16.8. The van der Waals surface area contributed by atoms with Crippen molar-refractivity contribution in [2.45, 2.75) is 99.0 Å². The molecule has 1 aromatic heterocycles. The van der Waals surface area contributed by atoms with Crippen LogP contribution in [0.5, 0.6) is 0 Å². The van der Waals surface area contributed by atoms with Gasteiger partial charge in [-0.25, -0.2) is 9.78 Å². The first kappa shape index (κ1) is 41.8. The van der Waals surface area contributed by atoms with Crippen molar-refractivity contribution in [3.63, 3.8) is 0 Å². The first-order chi connectivity index (χ1) is 23.3. The molecule has 1 saturated carbocycles. The van der Waals surface area contributed by atoms with E-state index in [9.17, 15) is 19.2 Å². The van der Waals surface area contributed by atoms with Crippen molar-refractivity contribution in [2.75, 3.05) is 38.2 Å². The number of fused-ring (bicyclic) bond motifs is 1. The molecule has 0 bridgehead atoms. The fraction of sp³-hybridized carbons (Fsp3) is 0.595. The minimum atomic E-state index is -0.581. The minimum Gasteiger partial charge on any atom is -0.469 e. The van der Waals surface area contributed by atoms with Crippen LogP contribution < -0.4 is 10.2 Å². The Morgan fingerprint density at radius 1 is 0.980 bits per heavy atom. The molecule has 5 rings (SSSR count). The van der Waals surface area contributed by atoms with Crippen molar-refractivity contribution < 1.29 is 28.7 Å². The second kappa shape index (κ2) is 19.7. The first-order valence-corrected chi connectivity index (χ1v) is 18.1. The number of esters is 1. The van der Waals surface area contributed by atoms with Crippen LogP contribution >= 0.6 is 23.2 Å². The van der Waals surface area contributed by atoms with Crippen LogP contribution in [0.3, 0.4) is 0 Å². The molecule has 3 amide bonds. The molecule has 3 aliphatic rings. The zero-order valence-corrected chi connectivity index (χ0v) is 31.9. The lowest BCUT2D eigenvalue weighted by Gasteiger charge is -2.58. The Labute approximate surface area is 302 Å². The number of aromatic nitrogens is 1. The number of ether oxygens (including phenoxy) is 2. The quantitative estimate of drug-likeness (QED) is 0.292. The lowest BCUT2D eigenvalue weighted by atomic mass is 9.57. The summed E-state index contributed by atoms with van der Waals surface area (Å²) >= 11 is 11.1. The number of hydrogen-bond donors (Lipinski definition) is 1. The number of nitrogens with zero attached hydrogens (tertiary/aromatic N) is 3. The molecule has 1 aromatic carbocycles. The Morgan fingerprint density at radius 2 is 1.61 bits per heavy atom. The average molecular weight is 722 g/mol. The maximum atomic E-state index is 12.8. The number of carbonyl (C=O) groups is 4. The SMILES string of the molecule is CC.CC.COC(=O)CCNC(=O)C1CC2(C1)CN(C(=O)CCc1ccc3c(n1)N(C(=O)OC(C)(C)C)CCC3)C2.Clc1cccc(Cl)c1. The molecule has 2 aliphatic heterocycles. The number of likely N-dealkylation sites (tertiary alicyclic amines) is 1. The van der Waals surface area contributed by atoms with Crippen molar-refractivity contribution >= 4 is 52.9 Å². The van der Waals surface area contributed by atoms with Gasteiger partial charge in [-0.05, 0) is 82.7 Å². The first-order valence-electron chi connectivity index (χ1n) is 17.3. The molecule has 1 saturated heterocycles. The predicted octanol–water partition coefficient (Wildman–Crippen LogP) is 7.67. The van der Waals surface area contributed by atoms with Crippen molar-refractivity contribution in [1.29, 1.82) is 0 Å². The molecule has 272 valence electrons. The van der Waals surface area contributed by atoms with Gasteiger partial charge >= 0.3 is 12.1 Å². The van der Waals surface area contributed by atoms with Gasteiger partial charge in [0.15, 0.2) is 0 Å². The van der Waals surface area contributed by atoms with Gasteiger partial charge < -0.3 is 19.7 Å². The number of rotatable bonds is 7. The largest absolute Gasteiger partial charge is 0.469 e. The minimum absolute atomic E-state index is 0.0294. The third-order valence-electron chi connectivity index (χ3n) is 8.08. The molecule has 1 N–H and O–H groups in total. The third-order valence-corrected chi connectivity index (χ3v) is 8.55. The smallest absolute Gasteiger partial charge is 0.416 e. The van der Waals surface area contributed by atoms with Gasteiger partial charge in [0.25, 0.3) is 0 Å². The summed E-state index contributed by atoms with van der Waals surface area (Å²) in [6.45, 7) is 15.7. The molecule has 0 unspecified atom stereocenters. The van der Waals surface area contributed by atoms with Crippen LogP contribution in [-0.2, 0) is 36.7 Å². The molecule has 3 heterocycles. The molecular formula is C37H54Cl2N4O6. The number of anilines is 1. The number of pyridine rings is 1. The maximum Gasteiger partial charge on any atom is 0.416 e. The van der Waals surface area contributed by atoms with Crippen LogP contribution in [0.2, 0.25) is 10.0 Å². The van der Waals surface area contributed by atoms with Gasteiger partial charge in [-0.3, -0.25) is 19.3 Å². The molecule has 49 heavy (non-hydrogen) atoms. The summed E-state index contributed by atoms with van der Waals surface area (Å²) in [4.78, 5) is 57.1. The molecule has 10 nitrogen and oxygen atoms in total. The molecule has 0 atom stereocenters. The van der Waals surface area contributed by atoms with Gasteiger partial charge in [0.2, 0.25) is 11.8 Å². The third kappa shape index (κ3) is 12.8. The molecule has 2 fully saturated rings. The molecule has 2 aromatic rings. The Bertz CT molecular complexity index is 1380. The summed E-state index contributed by atoms with van der Waals surface area (Å²) in [6, 6.07) is 11.0. The highest BCUT2D eigenvalue weighted by atomic mass is 35.5. The average Bonchev–Trinajstić information content (AvgIpc) is 3.03. The second-order valence-corrected chi connectivity index (χ2v) is 13.8.